The zero-order valence-electron chi connectivity index (χ0n) is 13.5. The molecule has 0 radical (unpaired) electrons. The van der Waals surface area contributed by atoms with Crippen LogP contribution in [0.3, 0.4) is 0 Å². The van der Waals surface area contributed by atoms with Gasteiger partial charge in [0.2, 0.25) is 5.91 Å². The molecule has 0 aromatic heterocycles. The normalized spacial score (nSPS) is 11.1. The summed E-state index contributed by atoms with van der Waals surface area (Å²) < 4.78 is 27.3. The first-order chi connectivity index (χ1) is 11.3. The molecule has 0 aliphatic carbocycles. The summed E-state index contributed by atoms with van der Waals surface area (Å²) in [5, 5.41) is 0.472. The number of hydrogen-bond donors (Lipinski definition) is 1. The fraction of sp³-hybridized carbons (Fsp3) is 0.235. The van der Waals surface area contributed by atoms with Gasteiger partial charge in [-0.05, 0) is 48.9 Å². The number of sulfonamides is 1. The molecule has 7 heteroatoms. The maximum absolute atomic E-state index is 12.4. The third-order valence-corrected chi connectivity index (χ3v) is 5.15. The van der Waals surface area contributed by atoms with Crippen molar-refractivity contribution in [2.45, 2.75) is 25.3 Å². The Morgan fingerprint density at radius 3 is 2.42 bits per heavy atom. The maximum Gasteiger partial charge on any atom is 0.261 e. The van der Waals surface area contributed by atoms with E-state index in [2.05, 4.69) is 4.72 Å². The summed E-state index contributed by atoms with van der Waals surface area (Å²) in [5.41, 5.74) is 1.30. The van der Waals surface area contributed by atoms with E-state index in [4.69, 9.17) is 11.6 Å². The number of carbonyl (C=O) groups is 1. The van der Waals surface area contributed by atoms with Crippen LogP contribution in [0.5, 0.6) is 0 Å². The lowest BCUT2D eigenvalue weighted by Crippen LogP contribution is -2.27. The van der Waals surface area contributed by atoms with Gasteiger partial charge in [0, 0.05) is 30.7 Å². The zero-order valence-corrected chi connectivity index (χ0v) is 15.1. The summed E-state index contributed by atoms with van der Waals surface area (Å²) >= 11 is 5.78. The first-order valence-electron chi connectivity index (χ1n) is 7.44. The summed E-state index contributed by atoms with van der Waals surface area (Å²) in [5.74, 6) is -0.0235. The van der Waals surface area contributed by atoms with Gasteiger partial charge in [-0.15, -0.1) is 0 Å². The lowest BCUT2D eigenvalue weighted by atomic mass is 10.2. The van der Waals surface area contributed by atoms with Crippen LogP contribution < -0.4 is 4.72 Å². The molecule has 0 aliphatic heterocycles. The van der Waals surface area contributed by atoms with Gasteiger partial charge < -0.3 is 4.90 Å². The van der Waals surface area contributed by atoms with Gasteiger partial charge in [-0.3, -0.25) is 9.52 Å². The van der Waals surface area contributed by atoms with Crippen LogP contribution in [0.25, 0.3) is 0 Å². The van der Waals surface area contributed by atoms with E-state index in [0.717, 1.165) is 5.56 Å². The molecule has 0 saturated heterocycles. The van der Waals surface area contributed by atoms with E-state index in [1.165, 1.54) is 31.2 Å². The number of anilines is 1. The number of nitrogens with one attached hydrogen (secondary N) is 1. The fourth-order valence-corrected chi connectivity index (χ4v) is 3.40. The van der Waals surface area contributed by atoms with Gasteiger partial charge in [0.15, 0.2) is 0 Å². The van der Waals surface area contributed by atoms with Gasteiger partial charge in [-0.1, -0.05) is 23.7 Å². The Kier molecular flexibility index (Phi) is 5.85. The quantitative estimate of drug-likeness (QED) is 0.850. The van der Waals surface area contributed by atoms with Crippen molar-refractivity contribution in [3.63, 3.8) is 0 Å². The van der Waals surface area contributed by atoms with E-state index in [1.54, 1.807) is 23.1 Å². The SMILES string of the molecule is CCN(Cc1cccc(NS(=O)(=O)c2ccc(Cl)cc2)c1)C(C)=O. The molecule has 0 heterocycles. The van der Waals surface area contributed by atoms with E-state index >= 15 is 0 Å². The van der Waals surface area contributed by atoms with Crippen molar-refractivity contribution < 1.29 is 13.2 Å². The summed E-state index contributed by atoms with van der Waals surface area (Å²) in [6.07, 6.45) is 0. The Labute approximate surface area is 147 Å². The molecule has 0 fully saturated rings. The average Bonchev–Trinajstić information content (AvgIpc) is 2.52. The lowest BCUT2D eigenvalue weighted by Gasteiger charge is -2.19. The molecule has 24 heavy (non-hydrogen) atoms. The van der Waals surface area contributed by atoms with E-state index in [0.29, 0.717) is 23.8 Å². The van der Waals surface area contributed by atoms with Gasteiger partial charge in [0.05, 0.1) is 4.90 Å². The van der Waals surface area contributed by atoms with Crippen molar-refractivity contribution in [1.29, 1.82) is 0 Å². The number of hydrogen-bond acceptors (Lipinski definition) is 3. The highest BCUT2D eigenvalue weighted by Gasteiger charge is 2.14. The minimum Gasteiger partial charge on any atom is -0.339 e. The summed E-state index contributed by atoms with van der Waals surface area (Å²) in [6, 6.07) is 12.9. The molecule has 0 aliphatic rings. The number of benzene rings is 2. The molecule has 2 rings (SSSR count). The number of carbonyl (C=O) groups excluding carboxylic acids is 1. The topological polar surface area (TPSA) is 66.5 Å². The predicted octanol–water partition coefficient (Wildman–Crippen LogP) is 3.51. The summed E-state index contributed by atoms with van der Waals surface area (Å²) in [4.78, 5) is 13.3. The van der Waals surface area contributed by atoms with Crippen LogP contribution in [0.2, 0.25) is 5.02 Å². The Morgan fingerprint density at radius 1 is 1.17 bits per heavy atom. The van der Waals surface area contributed by atoms with Gasteiger partial charge in [0.25, 0.3) is 10.0 Å². The average molecular weight is 367 g/mol. The summed E-state index contributed by atoms with van der Waals surface area (Å²) in [6.45, 7) is 4.43. The molecule has 2 aromatic rings. The van der Waals surface area contributed by atoms with Crippen molar-refractivity contribution in [1.82, 2.24) is 4.90 Å². The van der Waals surface area contributed by atoms with Crippen molar-refractivity contribution in [3.8, 4) is 0 Å². The number of amides is 1. The molecule has 0 atom stereocenters. The van der Waals surface area contributed by atoms with Crippen LogP contribution in [-0.4, -0.2) is 25.8 Å². The molecule has 1 N–H and O–H groups in total. The van der Waals surface area contributed by atoms with Gasteiger partial charge in [-0.25, -0.2) is 8.42 Å². The molecular formula is C17H19ClN2O3S. The van der Waals surface area contributed by atoms with Gasteiger partial charge >= 0.3 is 0 Å². The largest absolute Gasteiger partial charge is 0.339 e. The maximum atomic E-state index is 12.4. The van der Waals surface area contributed by atoms with Crippen molar-refractivity contribution >= 4 is 33.2 Å². The third kappa shape index (κ3) is 4.72. The molecule has 128 valence electrons. The van der Waals surface area contributed by atoms with Crippen LogP contribution >= 0.6 is 11.6 Å². The van der Waals surface area contributed by atoms with Crippen LogP contribution in [0.1, 0.15) is 19.4 Å². The van der Waals surface area contributed by atoms with E-state index < -0.39 is 10.0 Å². The van der Waals surface area contributed by atoms with Gasteiger partial charge in [-0.2, -0.15) is 0 Å². The summed E-state index contributed by atoms with van der Waals surface area (Å²) in [7, 11) is -3.69. The van der Waals surface area contributed by atoms with Crippen LogP contribution in [-0.2, 0) is 21.4 Å². The Hall–Kier alpha value is -2.05. The van der Waals surface area contributed by atoms with Gasteiger partial charge in [0.1, 0.15) is 0 Å². The first kappa shape index (κ1) is 18.3. The number of rotatable bonds is 6. The third-order valence-electron chi connectivity index (χ3n) is 3.50. The minimum atomic E-state index is -3.69. The highest BCUT2D eigenvalue weighted by atomic mass is 35.5. The Morgan fingerprint density at radius 2 is 1.83 bits per heavy atom. The number of nitrogens with zero attached hydrogens (tertiary/aromatic N) is 1. The van der Waals surface area contributed by atoms with Crippen LogP contribution in [0.15, 0.2) is 53.4 Å². The zero-order chi connectivity index (χ0) is 17.7. The van der Waals surface area contributed by atoms with Crippen molar-refractivity contribution in [2.75, 3.05) is 11.3 Å². The van der Waals surface area contributed by atoms with E-state index in [1.807, 2.05) is 13.0 Å². The molecule has 2 aromatic carbocycles. The lowest BCUT2D eigenvalue weighted by molar-refractivity contribution is -0.129. The Balaban J connectivity index is 2.19. The highest BCUT2D eigenvalue weighted by Crippen LogP contribution is 2.19. The molecule has 0 spiro atoms. The van der Waals surface area contributed by atoms with E-state index in [-0.39, 0.29) is 10.8 Å². The first-order valence-corrected chi connectivity index (χ1v) is 9.31. The van der Waals surface area contributed by atoms with Crippen LogP contribution in [0.4, 0.5) is 5.69 Å². The Bertz CT molecular complexity index is 820. The molecular weight excluding hydrogens is 348 g/mol. The molecule has 0 bridgehead atoms. The van der Waals surface area contributed by atoms with Crippen LogP contribution in [0, 0.1) is 0 Å². The fourth-order valence-electron chi connectivity index (χ4n) is 2.23. The molecule has 0 unspecified atom stereocenters. The minimum absolute atomic E-state index is 0.0235. The predicted molar refractivity (Wildman–Crippen MR) is 95.5 cm³/mol. The van der Waals surface area contributed by atoms with Crippen molar-refractivity contribution in [2.24, 2.45) is 0 Å². The molecule has 5 nitrogen and oxygen atoms in total. The highest BCUT2D eigenvalue weighted by molar-refractivity contribution is 7.92. The monoisotopic (exact) mass is 366 g/mol. The molecule has 1 amide bonds. The number of halogens is 1. The standard InChI is InChI=1S/C17H19ClN2O3S/c1-3-20(13(2)21)12-14-5-4-6-16(11-14)19-24(22,23)17-9-7-15(18)8-10-17/h4-11,19H,3,12H2,1-2H3. The smallest absolute Gasteiger partial charge is 0.261 e. The van der Waals surface area contributed by atoms with Crippen molar-refractivity contribution in [3.05, 3.63) is 59.1 Å². The molecule has 0 saturated carbocycles. The second-order valence-corrected chi connectivity index (χ2v) is 7.41. The van der Waals surface area contributed by atoms with E-state index in [9.17, 15) is 13.2 Å². The second-order valence-electron chi connectivity index (χ2n) is 5.29. The second kappa shape index (κ2) is 7.68.